The first-order chi connectivity index (χ1) is 20.4. The summed E-state index contributed by atoms with van der Waals surface area (Å²) in [6.07, 6.45) is 0.821. The monoisotopic (exact) mass is 562 g/mol. The summed E-state index contributed by atoms with van der Waals surface area (Å²) >= 11 is 0. The Bertz CT molecular complexity index is 1460. The number of esters is 2. The molecule has 0 saturated heterocycles. The zero-order valence-corrected chi connectivity index (χ0v) is 22.8. The van der Waals surface area contributed by atoms with Gasteiger partial charge in [0.25, 0.3) is 11.8 Å². The molecule has 0 aliphatic carbocycles. The standard InChI is InChI=1S/C34H30N2O6/c37-31-25-13-7-14-26(19-25)32(38)36-30(18-24-11-5-2-6-12-24)22-42-34(40)28-16-8-15-27(20-28)33(39)41-21-29(35-31)17-23-9-3-1-4-10-23/h1-16,19-20,29-30H,17-18,21-22H2,(H,35,37)(H,36,38). The van der Waals surface area contributed by atoms with Gasteiger partial charge in [-0.15, -0.1) is 0 Å². The van der Waals surface area contributed by atoms with Crippen LogP contribution in [0.1, 0.15) is 52.6 Å². The van der Waals surface area contributed by atoms with Crippen molar-refractivity contribution in [3.05, 3.63) is 143 Å². The normalized spacial score (nSPS) is 18.0. The Morgan fingerprint density at radius 3 is 1.31 bits per heavy atom. The average molecular weight is 563 g/mol. The predicted molar refractivity (Wildman–Crippen MR) is 156 cm³/mol. The molecule has 0 radical (unpaired) electrons. The third-order valence-corrected chi connectivity index (χ3v) is 6.87. The van der Waals surface area contributed by atoms with Gasteiger partial charge in [0.1, 0.15) is 13.2 Å². The second kappa shape index (κ2) is 13.4. The summed E-state index contributed by atoms with van der Waals surface area (Å²) < 4.78 is 11.2. The van der Waals surface area contributed by atoms with Crippen molar-refractivity contribution in [1.82, 2.24) is 10.6 Å². The van der Waals surface area contributed by atoms with E-state index in [2.05, 4.69) is 10.6 Å². The molecular formula is C34H30N2O6. The fourth-order valence-electron chi connectivity index (χ4n) is 4.73. The fraction of sp³-hybridized carbons (Fsp3) is 0.176. The third kappa shape index (κ3) is 7.48. The summed E-state index contributed by atoms with van der Waals surface area (Å²) in [6, 6.07) is 30.4. The number of hydrogen-bond donors (Lipinski definition) is 2. The first kappa shape index (κ1) is 28.3. The van der Waals surface area contributed by atoms with Crippen molar-refractivity contribution < 1.29 is 28.7 Å². The van der Waals surface area contributed by atoms with Crippen molar-refractivity contribution in [1.29, 1.82) is 0 Å². The van der Waals surface area contributed by atoms with Gasteiger partial charge in [-0.05, 0) is 60.4 Å². The highest BCUT2D eigenvalue weighted by Crippen LogP contribution is 2.14. The van der Waals surface area contributed by atoms with E-state index in [1.165, 1.54) is 12.1 Å². The molecular weight excluding hydrogens is 532 g/mol. The highest BCUT2D eigenvalue weighted by molar-refractivity contribution is 6.00. The van der Waals surface area contributed by atoms with Gasteiger partial charge in [-0.25, -0.2) is 9.59 Å². The molecule has 0 fully saturated rings. The van der Waals surface area contributed by atoms with Crippen LogP contribution in [-0.4, -0.2) is 49.1 Å². The number of hydrogen-bond acceptors (Lipinski definition) is 6. The maximum absolute atomic E-state index is 13.3. The number of cyclic esters (lactones) is 2. The smallest absolute Gasteiger partial charge is 0.338 e. The number of fused-ring (bicyclic) bond motifs is 4. The lowest BCUT2D eigenvalue weighted by atomic mass is 10.0. The van der Waals surface area contributed by atoms with Crippen molar-refractivity contribution in [2.24, 2.45) is 0 Å². The molecule has 2 unspecified atom stereocenters. The van der Waals surface area contributed by atoms with Crippen LogP contribution >= 0.6 is 0 Å². The Hall–Kier alpha value is -5.24. The number of benzene rings is 4. The van der Waals surface area contributed by atoms with E-state index in [1.807, 2.05) is 60.7 Å². The molecule has 0 spiro atoms. The van der Waals surface area contributed by atoms with Crippen LogP contribution in [0.25, 0.3) is 0 Å². The van der Waals surface area contributed by atoms with Gasteiger partial charge in [0.2, 0.25) is 0 Å². The highest BCUT2D eigenvalue weighted by Gasteiger charge is 2.22. The second-order valence-electron chi connectivity index (χ2n) is 10.1. The van der Waals surface area contributed by atoms with Gasteiger partial charge in [0.15, 0.2) is 0 Å². The molecule has 1 heterocycles. The summed E-state index contributed by atoms with van der Waals surface area (Å²) in [5, 5.41) is 5.89. The second-order valence-corrected chi connectivity index (χ2v) is 10.1. The van der Waals surface area contributed by atoms with Gasteiger partial charge in [0, 0.05) is 11.1 Å². The van der Waals surface area contributed by atoms with Crippen LogP contribution in [-0.2, 0) is 22.3 Å². The van der Waals surface area contributed by atoms with Crippen molar-refractivity contribution in [2.45, 2.75) is 24.9 Å². The summed E-state index contributed by atoms with van der Waals surface area (Å²) in [7, 11) is 0. The molecule has 8 heteroatoms. The number of amides is 2. The molecule has 4 bridgehead atoms. The number of rotatable bonds is 4. The number of nitrogens with one attached hydrogen (secondary N) is 2. The maximum atomic E-state index is 13.3. The molecule has 8 nitrogen and oxygen atoms in total. The third-order valence-electron chi connectivity index (χ3n) is 6.87. The molecule has 42 heavy (non-hydrogen) atoms. The minimum absolute atomic E-state index is 0.102. The molecule has 4 aromatic rings. The predicted octanol–water partition coefficient (Wildman–Crippen LogP) is 4.40. The van der Waals surface area contributed by atoms with E-state index in [1.54, 1.807) is 36.4 Å². The summed E-state index contributed by atoms with van der Waals surface area (Å²) in [6.45, 7) is -0.203. The van der Waals surface area contributed by atoms with Crippen LogP contribution in [0.2, 0.25) is 0 Å². The lowest BCUT2D eigenvalue weighted by molar-refractivity contribution is 0.0450. The molecule has 212 valence electrons. The first-order valence-corrected chi connectivity index (χ1v) is 13.7. The molecule has 2 N–H and O–H groups in total. The van der Waals surface area contributed by atoms with E-state index < -0.39 is 35.8 Å². The van der Waals surface area contributed by atoms with Crippen LogP contribution in [0.4, 0.5) is 0 Å². The van der Waals surface area contributed by atoms with Gasteiger partial charge < -0.3 is 20.1 Å². The van der Waals surface area contributed by atoms with Crippen molar-refractivity contribution in [2.75, 3.05) is 13.2 Å². The zero-order valence-electron chi connectivity index (χ0n) is 22.8. The highest BCUT2D eigenvalue weighted by atomic mass is 16.5. The molecule has 4 aromatic carbocycles. The van der Waals surface area contributed by atoms with Crippen LogP contribution in [0.3, 0.4) is 0 Å². The Labute approximate surface area is 243 Å². The maximum Gasteiger partial charge on any atom is 0.338 e. The molecule has 0 saturated carbocycles. The van der Waals surface area contributed by atoms with E-state index in [4.69, 9.17) is 9.47 Å². The molecule has 1 aliphatic heterocycles. The van der Waals surface area contributed by atoms with Gasteiger partial charge in [-0.1, -0.05) is 72.8 Å². The minimum atomic E-state index is -0.630. The lowest BCUT2D eigenvalue weighted by Crippen LogP contribution is -2.41. The Morgan fingerprint density at radius 1 is 0.500 bits per heavy atom. The van der Waals surface area contributed by atoms with Crippen LogP contribution in [0.5, 0.6) is 0 Å². The van der Waals surface area contributed by atoms with Crippen molar-refractivity contribution >= 4 is 23.8 Å². The van der Waals surface area contributed by atoms with E-state index in [0.717, 1.165) is 11.1 Å². The van der Waals surface area contributed by atoms with Crippen molar-refractivity contribution in [3.8, 4) is 0 Å². The molecule has 2 atom stereocenters. The Morgan fingerprint density at radius 2 is 0.881 bits per heavy atom. The molecule has 0 aromatic heterocycles. The minimum Gasteiger partial charge on any atom is -0.460 e. The van der Waals surface area contributed by atoms with Crippen LogP contribution in [0.15, 0.2) is 109 Å². The van der Waals surface area contributed by atoms with E-state index in [0.29, 0.717) is 12.8 Å². The largest absolute Gasteiger partial charge is 0.460 e. The van der Waals surface area contributed by atoms with Crippen molar-refractivity contribution in [3.63, 3.8) is 0 Å². The lowest BCUT2D eigenvalue weighted by Gasteiger charge is -2.21. The van der Waals surface area contributed by atoms with Gasteiger partial charge in [-0.3, -0.25) is 9.59 Å². The molecule has 1 aliphatic rings. The quantitative estimate of drug-likeness (QED) is 0.357. The zero-order chi connectivity index (χ0) is 29.3. The Balaban J connectivity index is 1.45. The molecule has 2 amide bonds. The fourth-order valence-corrected chi connectivity index (χ4v) is 4.73. The Kier molecular flexibility index (Phi) is 9.03. The summed E-state index contributed by atoms with van der Waals surface area (Å²) in [5.74, 6) is -2.07. The average Bonchev–Trinajstić information content (AvgIpc) is 3.02. The van der Waals surface area contributed by atoms with Gasteiger partial charge in [0.05, 0.1) is 23.2 Å². The van der Waals surface area contributed by atoms with Gasteiger partial charge in [-0.2, -0.15) is 0 Å². The summed E-state index contributed by atoms with van der Waals surface area (Å²) in [5.41, 5.74) is 2.82. The first-order valence-electron chi connectivity index (χ1n) is 13.7. The number of carbonyl (C=O) groups is 4. The summed E-state index contributed by atoms with van der Waals surface area (Å²) in [4.78, 5) is 52.5. The van der Waals surface area contributed by atoms with E-state index in [-0.39, 0.29) is 35.5 Å². The molecule has 5 rings (SSSR count). The van der Waals surface area contributed by atoms with E-state index >= 15 is 0 Å². The SMILES string of the molecule is O=C1NC(Cc2ccccc2)COC(=O)c2cccc(c2)C(=O)OCC(Cc2ccccc2)NC(=O)c2cccc1c2. The van der Waals surface area contributed by atoms with E-state index in [9.17, 15) is 19.2 Å². The van der Waals surface area contributed by atoms with Gasteiger partial charge >= 0.3 is 11.9 Å². The van der Waals surface area contributed by atoms with Crippen LogP contribution < -0.4 is 10.6 Å². The van der Waals surface area contributed by atoms with Crippen LogP contribution in [0, 0.1) is 0 Å². The topological polar surface area (TPSA) is 111 Å². The number of carbonyl (C=O) groups excluding carboxylic acids is 4. The number of ether oxygens (including phenoxy) is 2.